The fourth-order valence-corrected chi connectivity index (χ4v) is 1.24. The van der Waals surface area contributed by atoms with E-state index >= 15 is 0 Å². The third-order valence-electron chi connectivity index (χ3n) is 1.18. The third kappa shape index (κ3) is 3.59. The van der Waals surface area contributed by atoms with E-state index in [1.807, 2.05) is 0 Å². The summed E-state index contributed by atoms with van der Waals surface area (Å²) in [5, 5.41) is 0.407. The summed E-state index contributed by atoms with van der Waals surface area (Å²) in [6, 6.07) is 0. The molecule has 12 heavy (non-hydrogen) atoms. The van der Waals surface area contributed by atoms with Crippen molar-refractivity contribution in [2.75, 3.05) is 14.2 Å². The summed E-state index contributed by atoms with van der Waals surface area (Å²) in [6.45, 7) is 3.19. The van der Waals surface area contributed by atoms with Crippen molar-refractivity contribution in [3.8, 4) is 0 Å². The summed E-state index contributed by atoms with van der Waals surface area (Å²) < 4.78 is 25.2. The normalized spacial score (nSPS) is 14.1. The van der Waals surface area contributed by atoms with Crippen LogP contribution in [0.3, 0.4) is 0 Å². The van der Waals surface area contributed by atoms with Gasteiger partial charge in [-0.15, -0.1) is 0 Å². The van der Waals surface area contributed by atoms with Crippen LogP contribution in [0.15, 0.2) is 10.8 Å². The molecule has 0 aromatic heterocycles. The molecule has 0 bridgehead atoms. The molecule has 0 amide bonds. The highest BCUT2D eigenvalue weighted by molar-refractivity contribution is 7.48. The van der Waals surface area contributed by atoms with Crippen molar-refractivity contribution in [2.45, 2.75) is 13.8 Å². The molecule has 0 atom stereocenters. The Balaban J connectivity index is 4.43. The SMILES string of the molecule is COP(=O)(OC)OC(C)=C(C)Cl. The predicted octanol–water partition coefficient (Wildman–Crippen LogP) is 2.89. The second-order valence-corrected chi connectivity index (χ2v) is 4.37. The maximum Gasteiger partial charge on any atom is 0.529 e. The first-order valence-corrected chi connectivity index (χ1v) is 5.03. The lowest BCUT2D eigenvalue weighted by atomic mass is 10.5. The van der Waals surface area contributed by atoms with Gasteiger partial charge in [0.05, 0.1) is 5.03 Å². The topological polar surface area (TPSA) is 44.8 Å². The minimum atomic E-state index is -3.43. The maximum absolute atomic E-state index is 11.3. The zero-order chi connectivity index (χ0) is 9.78. The zero-order valence-electron chi connectivity index (χ0n) is 7.46. The number of phosphoric acid groups is 1. The zero-order valence-corrected chi connectivity index (χ0v) is 9.11. The number of allylic oxidation sites excluding steroid dienone is 2. The Hall–Kier alpha value is -0.0200. The molecule has 6 heteroatoms. The van der Waals surface area contributed by atoms with E-state index in [9.17, 15) is 4.57 Å². The van der Waals surface area contributed by atoms with Crippen LogP contribution in [-0.2, 0) is 18.1 Å². The molecule has 0 saturated heterocycles. The lowest BCUT2D eigenvalue weighted by Gasteiger charge is -2.14. The molecule has 0 spiro atoms. The molecular formula is C6H12ClO4P. The van der Waals surface area contributed by atoms with Crippen LogP contribution in [0, 0.1) is 0 Å². The highest BCUT2D eigenvalue weighted by atomic mass is 35.5. The van der Waals surface area contributed by atoms with Gasteiger partial charge in [-0.2, -0.15) is 0 Å². The van der Waals surface area contributed by atoms with Gasteiger partial charge in [-0.3, -0.25) is 9.05 Å². The average Bonchev–Trinajstić information content (AvgIpc) is 2.04. The quantitative estimate of drug-likeness (QED) is 0.533. The Bertz CT molecular complexity index is 214. The monoisotopic (exact) mass is 214 g/mol. The summed E-state index contributed by atoms with van der Waals surface area (Å²) in [5.41, 5.74) is 0. The van der Waals surface area contributed by atoms with Crippen molar-refractivity contribution >= 4 is 19.4 Å². The Kier molecular flexibility index (Phi) is 4.87. The number of halogens is 1. The van der Waals surface area contributed by atoms with Gasteiger partial charge in [0, 0.05) is 14.2 Å². The van der Waals surface area contributed by atoms with Crippen LogP contribution >= 0.6 is 19.4 Å². The van der Waals surface area contributed by atoms with Gasteiger partial charge in [0.25, 0.3) is 0 Å². The number of phosphoric ester groups is 1. The van der Waals surface area contributed by atoms with Crippen molar-refractivity contribution in [3.63, 3.8) is 0 Å². The lowest BCUT2D eigenvalue weighted by Crippen LogP contribution is -1.93. The largest absolute Gasteiger partial charge is 0.529 e. The number of hydrogen-bond donors (Lipinski definition) is 0. The van der Waals surface area contributed by atoms with Crippen molar-refractivity contribution in [2.24, 2.45) is 0 Å². The standard InChI is InChI=1S/C6H12ClO4P/c1-5(7)6(2)11-12(8,9-3)10-4/h1-4H3. The predicted molar refractivity (Wildman–Crippen MR) is 46.9 cm³/mol. The molecule has 72 valence electrons. The molecule has 4 nitrogen and oxygen atoms in total. The van der Waals surface area contributed by atoms with Gasteiger partial charge in [-0.05, 0) is 13.8 Å². The van der Waals surface area contributed by atoms with Crippen molar-refractivity contribution in [1.82, 2.24) is 0 Å². The fraction of sp³-hybridized carbons (Fsp3) is 0.667. The van der Waals surface area contributed by atoms with E-state index in [0.717, 1.165) is 0 Å². The molecule has 0 N–H and O–H groups in total. The molecule has 0 aliphatic carbocycles. The minimum Gasteiger partial charge on any atom is -0.408 e. The van der Waals surface area contributed by atoms with Crippen LogP contribution in [0.25, 0.3) is 0 Å². The minimum absolute atomic E-state index is 0.323. The molecular weight excluding hydrogens is 202 g/mol. The summed E-state index contributed by atoms with van der Waals surface area (Å²) >= 11 is 5.57. The number of rotatable bonds is 4. The lowest BCUT2D eigenvalue weighted by molar-refractivity contribution is 0.183. The van der Waals surface area contributed by atoms with Crippen molar-refractivity contribution < 1.29 is 18.1 Å². The van der Waals surface area contributed by atoms with E-state index in [2.05, 4.69) is 9.05 Å². The first kappa shape index (κ1) is 12.0. The second kappa shape index (κ2) is 4.87. The van der Waals surface area contributed by atoms with Gasteiger partial charge in [0.2, 0.25) is 0 Å². The molecule has 0 aliphatic heterocycles. The molecule has 0 aromatic carbocycles. The second-order valence-electron chi connectivity index (χ2n) is 1.99. The van der Waals surface area contributed by atoms with Crippen LogP contribution in [0.1, 0.15) is 13.8 Å². The van der Waals surface area contributed by atoms with E-state index < -0.39 is 7.82 Å². The first-order valence-electron chi connectivity index (χ1n) is 3.19. The summed E-state index contributed by atoms with van der Waals surface area (Å²) in [4.78, 5) is 0. The van der Waals surface area contributed by atoms with E-state index in [1.54, 1.807) is 13.8 Å². The molecule has 0 radical (unpaired) electrons. The van der Waals surface area contributed by atoms with Gasteiger partial charge in [-0.25, -0.2) is 4.57 Å². The Morgan fingerprint density at radius 2 is 1.67 bits per heavy atom. The molecule has 0 saturated carbocycles. The Labute approximate surface area is 77.1 Å². The molecule has 0 rings (SSSR count). The summed E-state index contributed by atoms with van der Waals surface area (Å²) in [7, 11) is -0.959. The number of hydrogen-bond acceptors (Lipinski definition) is 4. The van der Waals surface area contributed by atoms with Gasteiger partial charge in [0.1, 0.15) is 5.76 Å². The van der Waals surface area contributed by atoms with Crippen LogP contribution in [-0.4, -0.2) is 14.2 Å². The van der Waals surface area contributed by atoms with Crippen molar-refractivity contribution in [3.05, 3.63) is 10.8 Å². The van der Waals surface area contributed by atoms with Crippen LogP contribution in [0.5, 0.6) is 0 Å². The van der Waals surface area contributed by atoms with E-state index in [4.69, 9.17) is 16.1 Å². The molecule has 0 heterocycles. The van der Waals surface area contributed by atoms with Crippen LogP contribution in [0.2, 0.25) is 0 Å². The van der Waals surface area contributed by atoms with Gasteiger partial charge >= 0.3 is 7.82 Å². The highest BCUT2D eigenvalue weighted by Crippen LogP contribution is 2.49. The van der Waals surface area contributed by atoms with Gasteiger partial charge in [0.15, 0.2) is 0 Å². The molecule has 0 aliphatic rings. The summed E-state index contributed by atoms with van der Waals surface area (Å²) in [6.07, 6.45) is 0. The van der Waals surface area contributed by atoms with Crippen molar-refractivity contribution in [1.29, 1.82) is 0 Å². The van der Waals surface area contributed by atoms with Gasteiger partial charge < -0.3 is 4.52 Å². The van der Waals surface area contributed by atoms with Gasteiger partial charge in [-0.1, -0.05) is 11.6 Å². The maximum atomic E-state index is 11.3. The van der Waals surface area contributed by atoms with Crippen LogP contribution in [0.4, 0.5) is 0 Å². The van der Waals surface area contributed by atoms with Crippen LogP contribution < -0.4 is 0 Å². The highest BCUT2D eigenvalue weighted by Gasteiger charge is 2.24. The molecule has 0 unspecified atom stereocenters. The fourth-order valence-electron chi connectivity index (χ4n) is 0.380. The van der Waals surface area contributed by atoms with E-state index in [1.165, 1.54) is 14.2 Å². The average molecular weight is 215 g/mol. The smallest absolute Gasteiger partial charge is 0.408 e. The molecule has 0 fully saturated rings. The van der Waals surface area contributed by atoms with E-state index in [0.29, 0.717) is 10.8 Å². The third-order valence-corrected chi connectivity index (χ3v) is 2.84. The Morgan fingerprint density at radius 3 is 1.92 bits per heavy atom. The Morgan fingerprint density at radius 1 is 1.25 bits per heavy atom. The first-order chi connectivity index (χ1) is 5.45. The molecule has 0 aromatic rings. The van der Waals surface area contributed by atoms with E-state index in [-0.39, 0.29) is 0 Å². The summed E-state index contributed by atoms with van der Waals surface area (Å²) in [5.74, 6) is 0.323.